The Morgan fingerprint density at radius 1 is 1.41 bits per heavy atom. The zero-order chi connectivity index (χ0) is 12.4. The lowest BCUT2D eigenvalue weighted by Gasteiger charge is -2.19. The standard InChI is InChI=1S/C15H25NO/c1-10-6-5-7-14(10)9-16-12(3)15-8-11(2)17-13(15)4/h8,10,12,14,16H,5-7,9H2,1-4H3. The maximum atomic E-state index is 5.59. The van der Waals surface area contributed by atoms with Crippen molar-refractivity contribution in [1.29, 1.82) is 0 Å². The zero-order valence-electron chi connectivity index (χ0n) is 11.5. The van der Waals surface area contributed by atoms with Gasteiger partial charge in [0.15, 0.2) is 0 Å². The molecule has 2 rings (SSSR count). The number of rotatable bonds is 4. The summed E-state index contributed by atoms with van der Waals surface area (Å²) in [6.45, 7) is 9.83. The second kappa shape index (κ2) is 5.26. The molecule has 0 spiro atoms. The highest BCUT2D eigenvalue weighted by molar-refractivity contribution is 5.23. The van der Waals surface area contributed by atoms with Gasteiger partial charge >= 0.3 is 0 Å². The van der Waals surface area contributed by atoms with Gasteiger partial charge in [-0.3, -0.25) is 0 Å². The summed E-state index contributed by atoms with van der Waals surface area (Å²) in [5.74, 6) is 3.83. The molecule has 2 nitrogen and oxygen atoms in total. The van der Waals surface area contributed by atoms with Crippen molar-refractivity contribution in [3.63, 3.8) is 0 Å². The van der Waals surface area contributed by atoms with Crippen LogP contribution in [0.5, 0.6) is 0 Å². The van der Waals surface area contributed by atoms with Gasteiger partial charge in [-0.2, -0.15) is 0 Å². The lowest BCUT2D eigenvalue weighted by Crippen LogP contribution is -2.27. The van der Waals surface area contributed by atoms with Crippen molar-refractivity contribution in [2.45, 2.75) is 53.0 Å². The number of hydrogen-bond donors (Lipinski definition) is 1. The quantitative estimate of drug-likeness (QED) is 0.854. The van der Waals surface area contributed by atoms with Gasteiger partial charge in [-0.05, 0) is 51.6 Å². The molecule has 96 valence electrons. The lowest BCUT2D eigenvalue weighted by molar-refractivity contribution is 0.373. The van der Waals surface area contributed by atoms with E-state index in [9.17, 15) is 0 Å². The minimum Gasteiger partial charge on any atom is -0.466 e. The van der Waals surface area contributed by atoms with Crippen LogP contribution in [0.25, 0.3) is 0 Å². The van der Waals surface area contributed by atoms with Gasteiger partial charge in [-0.1, -0.05) is 19.8 Å². The summed E-state index contributed by atoms with van der Waals surface area (Å²) in [6, 6.07) is 2.56. The van der Waals surface area contributed by atoms with Gasteiger partial charge in [0, 0.05) is 11.6 Å². The van der Waals surface area contributed by atoms with Gasteiger partial charge in [0.2, 0.25) is 0 Å². The first kappa shape index (κ1) is 12.7. The van der Waals surface area contributed by atoms with E-state index in [1.54, 1.807) is 0 Å². The molecule has 0 bridgehead atoms. The molecule has 0 amide bonds. The molecule has 3 atom stereocenters. The van der Waals surface area contributed by atoms with E-state index in [0.29, 0.717) is 6.04 Å². The third-order valence-electron chi connectivity index (χ3n) is 4.27. The highest BCUT2D eigenvalue weighted by Gasteiger charge is 2.23. The average Bonchev–Trinajstić information content (AvgIpc) is 2.81. The third-order valence-corrected chi connectivity index (χ3v) is 4.27. The third kappa shape index (κ3) is 2.92. The smallest absolute Gasteiger partial charge is 0.105 e. The van der Waals surface area contributed by atoms with E-state index in [-0.39, 0.29) is 0 Å². The Labute approximate surface area is 105 Å². The Kier molecular flexibility index (Phi) is 3.93. The van der Waals surface area contributed by atoms with Gasteiger partial charge in [0.25, 0.3) is 0 Å². The Morgan fingerprint density at radius 2 is 2.18 bits per heavy atom. The Balaban J connectivity index is 1.88. The van der Waals surface area contributed by atoms with E-state index in [4.69, 9.17) is 4.42 Å². The molecule has 0 radical (unpaired) electrons. The molecule has 17 heavy (non-hydrogen) atoms. The highest BCUT2D eigenvalue weighted by atomic mass is 16.3. The summed E-state index contributed by atoms with van der Waals surface area (Å²) in [5, 5.41) is 3.67. The average molecular weight is 235 g/mol. The Hall–Kier alpha value is -0.760. The fourth-order valence-electron chi connectivity index (χ4n) is 3.04. The van der Waals surface area contributed by atoms with Crippen LogP contribution in [0.15, 0.2) is 10.5 Å². The van der Waals surface area contributed by atoms with E-state index in [1.807, 2.05) is 6.92 Å². The van der Waals surface area contributed by atoms with Crippen molar-refractivity contribution in [3.05, 3.63) is 23.2 Å². The number of hydrogen-bond acceptors (Lipinski definition) is 2. The van der Waals surface area contributed by atoms with Crippen molar-refractivity contribution in [1.82, 2.24) is 5.32 Å². The molecule has 2 heteroatoms. The van der Waals surface area contributed by atoms with Crippen LogP contribution in [0.4, 0.5) is 0 Å². The van der Waals surface area contributed by atoms with Crippen molar-refractivity contribution in [2.75, 3.05) is 6.54 Å². The second-order valence-corrected chi connectivity index (χ2v) is 5.67. The van der Waals surface area contributed by atoms with Gasteiger partial charge in [-0.15, -0.1) is 0 Å². The molecular weight excluding hydrogens is 210 g/mol. The maximum absolute atomic E-state index is 5.59. The molecule has 1 aliphatic carbocycles. The van der Waals surface area contributed by atoms with Gasteiger partial charge in [0.1, 0.15) is 11.5 Å². The molecule has 1 heterocycles. The normalized spacial score (nSPS) is 26.4. The van der Waals surface area contributed by atoms with Gasteiger partial charge in [0.05, 0.1) is 0 Å². The van der Waals surface area contributed by atoms with Crippen LogP contribution in [-0.2, 0) is 0 Å². The van der Waals surface area contributed by atoms with Gasteiger partial charge in [-0.25, -0.2) is 0 Å². The minimum absolute atomic E-state index is 0.403. The van der Waals surface area contributed by atoms with Crippen LogP contribution in [-0.4, -0.2) is 6.54 Å². The topological polar surface area (TPSA) is 25.2 Å². The van der Waals surface area contributed by atoms with E-state index < -0.39 is 0 Å². The fourth-order valence-corrected chi connectivity index (χ4v) is 3.04. The summed E-state index contributed by atoms with van der Waals surface area (Å²) >= 11 is 0. The number of aryl methyl sites for hydroxylation is 2. The van der Waals surface area contributed by atoms with Crippen LogP contribution in [0.2, 0.25) is 0 Å². The monoisotopic (exact) mass is 235 g/mol. The van der Waals surface area contributed by atoms with Crippen LogP contribution < -0.4 is 5.32 Å². The van der Waals surface area contributed by atoms with Crippen LogP contribution >= 0.6 is 0 Å². The lowest BCUT2D eigenvalue weighted by atomic mass is 9.97. The second-order valence-electron chi connectivity index (χ2n) is 5.67. The summed E-state index contributed by atoms with van der Waals surface area (Å²) < 4.78 is 5.59. The van der Waals surface area contributed by atoms with Crippen LogP contribution in [0.1, 0.15) is 56.2 Å². The van der Waals surface area contributed by atoms with Crippen molar-refractivity contribution in [2.24, 2.45) is 11.8 Å². The zero-order valence-corrected chi connectivity index (χ0v) is 11.5. The van der Waals surface area contributed by atoms with Crippen molar-refractivity contribution < 1.29 is 4.42 Å². The molecule has 0 saturated heterocycles. The van der Waals surface area contributed by atoms with Crippen LogP contribution in [0, 0.1) is 25.7 Å². The minimum atomic E-state index is 0.403. The van der Waals surface area contributed by atoms with E-state index in [2.05, 4.69) is 32.2 Å². The van der Waals surface area contributed by atoms with Crippen molar-refractivity contribution >= 4 is 0 Å². The van der Waals surface area contributed by atoms with E-state index in [1.165, 1.54) is 24.8 Å². The summed E-state index contributed by atoms with van der Waals surface area (Å²) in [5.41, 5.74) is 1.31. The number of furan rings is 1. The van der Waals surface area contributed by atoms with Gasteiger partial charge < -0.3 is 9.73 Å². The Bertz CT molecular complexity index is 369. The van der Waals surface area contributed by atoms with E-state index in [0.717, 1.165) is 29.9 Å². The first-order chi connectivity index (χ1) is 8.08. The SMILES string of the molecule is Cc1cc(C(C)NCC2CCCC2C)c(C)o1. The van der Waals surface area contributed by atoms with E-state index >= 15 is 0 Å². The molecule has 0 aliphatic heterocycles. The molecule has 1 saturated carbocycles. The van der Waals surface area contributed by atoms with Crippen LogP contribution in [0.3, 0.4) is 0 Å². The maximum Gasteiger partial charge on any atom is 0.105 e. The molecule has 1 fully saturated rings. The fraction of sp³-hybridized carbons (Fsp3) is 0.733. The largest absolute Gasteiger partial charge is 0.466 e. The first-order valence-electron chi connectivity index (χ1n) is 6.88. The molecule has 1 N–H and O–H groups in total. The summed E-state index contributed by atoms with van der Waals surface area (Å²) in [7, 11) is 0. The molecular formula is C15H25NO. The molecule has 3 unspecified atom stereocenters. The molecule has 0 aromatic carbocycles. The first-order valence-corrected chi connectivity index (χ1v) is 6.88. The molecule has 1 aromatic heterocycles. The molecule has 1 aliphatic rings. The molecule has 1 aromatic rings. The van der Waals surface area contributed by atoms with Crippen molar-refractivity contribution in [3.8, 4) is 0 Å². The Morgan fingerprint density at radius 3 is 2.71 bits per heavy atom. The summed E-state index contributed by atoms with van der Waals surface area (Å²) in [6.07, 6.45) is 4.21. The predicted octanol–water partition coefficient (Wildman–Crippen LogP) is 3.98. The highest BCUT2D eigenvalue weighted by Crippen LogP contribution is 2.31. The number of nitrogens with one attached hydrogen (secondary N) is 1. The predicted molar refractivity (Wildman–Crippen MR) is 71.1 cm³/mol. The summed E-state index contributed by atoms with van der Waals surface area (Å²) in [4.78, 5) is 0.